The number of hydrogen-bond acceptors (Lipinski definition) is 4. The summed E-state index contributed by atoms with van der Waals surface area (Å²) in [5, 5.41) is 33.1. The molecular formula is C25H39NO4. The van der Waals surface area contributed by atoms with Crippen LogP contribution in [0.1, 0.15) is 72.1 Å². The summed E-state index contributed by atoms with van der Waals surface area (Å²) in [6.45, 7) is 6.79. The van der Waals surface area contributed by atoms with Crippen LogP contribution in [0.3, 0.4) is 0 Å². The van der Waals surface area contributed by atoms with Crippen molar-refractivity contribution >= 4 is 6.21 Å². The highest BCUT2D eigenvalue weighted by Gasteiger charge is 2.63. The van der Waals surface area contributed by atoms with Gasteiger partial charge in [0.05, 0.1) is 18.5 Å². The number of methoxy groups -OCH3 is 1. The van der Waals surface area contributed by atoms with Crippen LogP contribution in [-0.2, 0) is 4.74 Å². The fraction of sp³-hybridized carbons (Fsp3) is 0.800. The van der Waals surface area contributed by atoms with Gasteiger partial charge in [-0.25, -0.2) is 4.74 Å². The average molecular weight is 418 g/mol. The fourth-order valence-electron chi connectivity index (χ4n) is 7.80. The third-order valence-corrected chi connectivity index (χ3v) is 9.66. The Morgan fingerprint density at radius 2 is 1.97 bits per heavy atom. The topological polar surface area (TPSA) is 75.8 Å². The van der Waals surface area contributed by atoms with Gasteiger partial charge in [0.1, 0.15) is 6.61 Å². The highest BCUT2D eigenvalue weighted by Crippen LogP contribution is 2.68. The Morgan fingerprint density at radius 1 is 1.23 bits per heavy atom. The molecule has 0 bridgehead atoms. The number of ether oxygens (including phenoxy) is 1. The SMILES string of the molecule is CC[C@]1(O)CCC2C3CC(C=[N+]([O-])CCO)=C4C=C(OC)CC[C@]4(C)C3CC[C@@]21C. The number of hydrogen-bond donors (Lipinski definition) is 2. The molecule has 0 spiro atoms. The predicted molar refractivity (Wildman–Crippen MR) is 118 cm³/mol. The number of aliphatic hydroxyl groups excluding tert-OH is 1. The monoisotopic (exact) mass is 417 g/mol. The normalized spacial score (nSPS) is 43.6. The Kier molecular flexibility index (Phi) is 5.59. The predicted octanol–water partition coefficient (Wildman–Crippen LogP) is 4.17. The van der Waals surface area contributed by atoms with E-state index < -0.39 is 5.60 Å². The first kappa shape index (κ1) is 21.9. The zero-order chi connectivity index (χ0) is 21.7. The lowest BCUT2D eigenvalue weighted by atomic mass is 9.46. The van der Waals surface area contributed by atoms with Crippen molar-refractivity contribution in [2.75, 3.05) is 20.3 Å². The first-order chi connectivity index (χ1) is 14.2. The molecule has 30 heavy (non-hydrogen) atoms. The summed E-state index contributed by atoms with van der Waals surface area (Å²) >= 11 is 0. The number of aliphatic hydroxyl groups is 2. The van der Waals surface area contributed by atoms with E-state index in [1.54, 1.807) is 13.3 Å². The van der Waals surface area contributed by atoms with Gasteiger partial charge in [-0.05, 0) is 85.2 Å². The van der Waals surface area contributed by atoms with E-state index in [4.69, 9.17) is 4.74 Å². The molecule has 168 valence electrons. The summed E-state index contributed by atoms with van der Waals surface area (Å²) in [6, 6.07) is 0. The maximum absolute atomic E-state index is 12.4. The number of hydroxylamine groups is 1. The molecular weight excluding hydrogens is 378 g/mol. The van der Waals surface area contributed by atoms with Gasteiger partial charge in [-0.15, -0.1) is 0 Å². The van der Waals surface area contributed by atoms with Crippen LogP contribution in [0, 0.1) is 33.8 Å². The first-order valence-electron chi connectivity index (χ1n) is 11.8. The lowest BCUT2D eigenvalue weighted by Gasteiger charge is -2.58. The highest BCUT2D eigenvalue weighted by molar-refractivity contribution is 5.78. The summed E-state index contributed by atoms with van der Waals surface area (Å²) < 4.78 is 6.48. The lowest BCUT2D eigenvalue weighted by molar-refractivity contribution is -0.455. The maximum atomic E-state index is 12.4. The summed E-state index contributed by atoms with van der Waals surface area (Å²) in [5.74, 6) is 2.56. The molecule has 4 aliphatic rings. The van der Waals surface area contributed by atoms with Crippen molar-refractivity contribution in [3.05, 3.63) is 28.2 Å². The summed E-state index contributed by atoms with van der Waals surface area (Å²) in [7, 11) is 1.73. The van der Waals surface area contributed by atoms with Gasteiger partial charge in [0.2, 0.25) is 0 Å². The van der Waals surface area contributed by atoms with Crippen LogP contribution in [-0.4, -0.2) is 47.0 Å². The fourth-order valence-corrected chi connectivity index (χ4v) is 7.80. The summed E-state index contributed by atoms with van der Waals surface area (Å²) in [5.41, 5.74) is 1.80. The van der Waals surface area contributed by atoms with Crippen molar-refractivity contribution < 1.29 is 19.7 Å². The van der Waals surface area contributed by atoms with Gasteiger partial charge in [-0.2, -0.15) is 0 Å². The molecule has 2 saturated carbocycles. The van der Waals surface area contributed by atoms with Crippen LogP contribution in [0.25, 0.3) is 0 Å². The van der Waals surface area contributed by atoms with Crippen LogP contribution < -0.4 is 0 Å². The van der Waals surface area contributed by atoms with Gasteiger partial charge < -0.3 is 20.2 Å². The summed E-state index contributed by atoms with van der Waals surface area (Å²) in [4.78, 5) is 0. The van der Waals surface area contributed by atoms with Gasteiger partial charge in [0.25, 0.3) is 0 Å². The molecule has 0 amide bonds. The molecule has 2 fully saturated rings. The second-order valence-corrected chi connectivity index (χ2v) is 10.6. The van der Waals surface area contributed by atoms with Crippen LogP contribution in [0.4, 0.5) is 0 Å². The largest absolute Gasteiger partial charge is 0.624 e. The zero-order valence-electron chi connectivity index (χ0n) is 19.1. The van der Waals surface area contributed by atoms with E-state index in [9.17, 15) is 15.4 Å². The molecule has 0 aliphatic heterocycles. The van der Waals surface area contributed by atoms with E-state index in [1.807, 2.05) is 0 Å². The molecule has 5 heteroatoms. The third kappa shape index (κ3) is 3.07. The van der Waals surface area contributed by atoms with E-state index in [-0.39, 0.29) is 24.0 Å². The van der Waals surface area contributed by atoms with Crippen molar-refractivity contribution in [2.24, 2.45) is 28.6 Å². The molecule has 0 aromatic rings. The van der Waals surface area contributed by atoms with Gasteiger partial charge in [0, 0.05) is 12.0 Å². The second-order valence-electron chi connectivity index (χ2n) is 10.6. The minimum Gasteiger partial charge on any atom is -0.624 e. The third-order valence-electron chi connectivity index (χ3n) is 9.66. The zero-order valence-corrected chi connectivity index (χ0v) is 19.1. The Morgan fingerprint density at radius 3 is 2.63 bits per heavy atom. The number of allylic oxidation sites excluding steroid dienone is 4. The molecule has 0 saturated heterocycles. The van der Waals surface area contributed by atoms with Gasteiger partial charge in [0.15, 0.2) is 12.8 Å². The lowest BCUT2D eigenvalue weighted by Crippen LogP contribution is -2.54. The van der Waals surface area contributed by atoms with Crippen LogP contribution in [0.5, 0.6) is 0 Å². The van der Waals surface area contributed by atoms with Crippen molar-refractivity contribution in [2.45, 2.75) is 77.7 Å². The molecule has 0 aromatic heterocycles. The van der Waals surface area contributed by atoms with E-state index in [2.05, 4.69) is 26.8 Å². The Hall–Kier alpha value is -1.33. The Bertz CT molecular complexity index is 786. The number of nitrogens with zero attached hydrogens (tertiary/aromatic N) is 1. The standard InChI is InChI=1S/C25H39NO4/c1-5-25(28)11-8-21-19-14-17(16-26(29)12-13-27)22-15-18(30-4)6-9-23(22,2)20(19)7-10-24(21,25)3/h15-16,19-21,27-28H,5-14H2,1-4H3/t19?,20?,21?,23-,24+,25+/m1/s1. The first-order valence-corrected chi connectivity index (χ1v) is 11.8. The molecule has 4 aliphatic carbocycles. The minimum atomic E-state index is -0.561. The summed E-state index contributed by atoms with van der Waals surface area (Å²) in [6.07, 6.45) is 11.8. The number of rotatable bonds is 5. The van der Waals surface area contributed by atoms with Crippen molar-refractivity contribution in [1.82, 2.24) is 0 Å². The van der Waals surface area contributed by atoms with E-state index >= 15 is 0 Å². The van der Waals surface area contributed by atoms with Gasteiger partial charge in [-0.1, -0.05) is 20.8 Å². The van der Waals surface area contributed by atoms with Crippen molar-refractivity contribution in [1.29, 1.82) is 0 Å². The van der Waals surface area contributed by atoms with E-state index in [0.29, 0.717) is 17.8 Å². The Balaban J connectivity index is 1.80. The van der Waals surface area contributed by atoms with Crippen LogP contribution in [0.2, 0.25) is 0 Å². The molecule has 0 aromatic carbocycles. The smallest absolute Gasteiger partial charge is 0.178 e. The van der Waals surface area contributed by atoms with Gasteiger partial charge in [-0.3, -0.25) is 0 Å². The molecule has 3 unspecified atom stereocenters. The Labute approximate surface area is 181 Å². The van der Waals surface area contributed by atoms with Crippen molar-refractivity contribution in [3.8, 4) is 0 Å². The second kappa shape index (κ2) is 7.67. The van der Waals surface area contributed by atoms with Crippen LogP contribution in [0.15, 0.2) is 23.0 Å². The molecule has 5 nitrogen and oxygen atoms in total. The molecule has 2 N–H and O–H groups in total. The number of fused-ring (bicyclic) bond motifs is 5. The maximum Gasteiger partial charge on any atom is 0.178 e. The van der Waals surface area contributed by atoms with Crippen molar-refractivity contribution in [3.63, 3.8) is 0 Å². The molecule has 4 rings (SSSR count). The average Bonchev–Trinajstić information content (AvgIpc) is 2.99. The molecule has 0 radical (unpaired) electrons. The minimum absolute atomic E-state index is 0.0328. The highest BCUT2D eigenvalue weighted by atomic mass is 16.5. The van der Waals surface area contributed by atoms with Gasteiger partial charge >= 0.3 is 0 Å². The quantitative estimate of drug-likeness (QED) is 0.305. The van der Waals surface area contributed by atoms with E-state index in [1.165, 1.54) is 5.57 Å². The van der Waals surface area contributed by atoms with Crippen LogP contribution >= 0.6 is 0 Å². The van der Waals surface area contributed by atoms with E-state index in [0.717, 1.165) is 67.4 Å². The molecule has 0 heterocycles. The molecule has 6 atom stereocenters.